The first-order chi connectivity index (χ1) is 12.5. The van der Waals surface area contributed by atoms with Crippen LogP contribution in [0.5, 0.6) is 0 Å². The topological polar surface area (TPSA) is 58.3 Å². The van der Waals surface area contributed by atoms with E-state index >= 15 is 0 Å². The summed E-state index contributed by atoms with van der Waals surface area (Å²) >= 11 is 0. The molecule has 0 bridgehead atoms. The molecule has 7 heteroatoms. The normalized spacial score (nSPS) is 11.5. The molecule has 0 radical (unpaired) electrons. The molecule has 0 aliphatic rings. The molecule has 0 N–H and O–H groups in total. The summed E-state index contributed by atoms with van der Waals surface area (Å²) in [4.78, 5) is 11.7. The summed E-state index contributed by atoms with van der Waals surface area (Å²) in [6.45, 7) is 2.36. The molecule has 26 heavy (non-hydrogen) atoms. The monoisotopic (exact) mass is 357 g/mol. The molecule has 0 atom stereocenters. The maximum absolute atomic E-state index is 13.5. The highest BCUT2D eigenvalue weighted by Gasteiger charge is 2.17. The molecule has 6 nitrogen and oxygen atoms in total. The van der Waals surface area contributed by atoms with Crippen LogP contribution in [0, 0.1) is 5.82 Å². The highest BCUT2D eigenvalue weighted by atomic mass is 19.1. The zero-order chi connectivity index (χ0) is 18.7. The lowest BCUT2D eigenvalue weighted by Gasteiger charge is -2.08. The third-order valence-electron chi connectivity index (χ3n) is 3.96. The number of fused-ring (bicyclic) bond motifs is 1. The van der Waals surface area contributed by atoms with Crippen molar-refractivity contribution in [2.24, 2.45) is 7.05 Å². The van der Waals surface area contributed by atoms with E-state index in [1.165, 1.54) is 18.2 Å². The van der Waals surface area contributed by atoms with Gasteiger partial charge in [-0.15, -0.1) is 0 Å². The van der Waals surface area contributed by atoms with E-state index in [0.717, 1.165) is 22.3 Å². The zero-order valence-corrected chi connectivity index (χ0v) is 14.9. The Hall–Kier alpha value is -2.93. The van der Waals surface area contributed by atoms with Gasteiger partial charge in [-0.25, -0.2) is 9.18 Å². The second-order valence-electron chi connectivity index (χ2n) is 5.71. The molecule has 3 aromatic rings. The number of carbonyl (C=O) groups excluding carboxylic acids is 1. The molecule has 0 saturated heterocycles. The summed E-state index contributed by atoms with van der Waals surface area (Å²) < 4.78 is 27.3. The van der Waals surface area contributed by atoms with Crippen LogP contribution in [-0.4, -0.2) is 34.0 Å². The predicted molar refractivity (Wildman–Crippen MR) is 96.4 cm³/mol. The Bertz CT molecular complexity index is 972. The van der Waals surface area contributed by atoms with Crippen LogP contribution in [0.3, 0.4) is 0 Å². The van der Waals surface area contributed by atoms with Crippen LogP contribution in [0.1, 0.15) is 18.2 Å². The van der Waals surface area contributed by atoms with Crippen molar-refractivity contribution >= 4 is 22.9 Å². The molecule has 2 heterocycles. The van der Waals surface area contributed by atoms with E-state index in [-0.39, 0.29) is 5.82 Å². The van der Waals surface area contributed by atoms with E-state index in [9.17, 15) is 9.18 Å². The molecule has 0 aliphatic carbocycles. The molecule has 0 saturated carbocycles. The van der Waals surface area contributed by atoms with E-state index in [2.05, 4.69) is 5.10 Å². The van der Waals surface area contributed by atoms with Crippen molar-refractivity contribution in [1.82, 2.24) is 14.3 Å². The fraction of sp³-hybridized carbons (Fsp3) is 0.263. The predicted octanol–water partition coefficient (Wildman–Crippen LogP) is 3.23. The lowest BCUT2D eigenvalue weighted by Crippen LogP contribution is -2.03. The fourth-order valence-electron chi connectivity index (χ4n) is 2.93. The Morgan fingerprint density at radius 3 is 2.88 bits per heavy atom. The average molecular weight is 357 g/mol. The Morgan fingerprint density at radius 1 is 1.35 bits per heavy atom. The highest BCUT2D eigenvalue weighted by molar-refractivity contribution is 5.88. The van der Waals surface area contributed by atoms with Crippen LogP contribution in [0.25, 0.3) is 22.8 Å². The number of carbonyl (C=O) groups is 1. The van der Waals surface area contributed by atoms with Gasteiger partial charge in [0, 0.05) is 37.4 Å². The summed E-state index contributed by atoms with van der Waals surface area (Å²) in [5.41, 5.74) is 2.27. The Kier molecular flexibility index (Phi) is 5.18. The van der Waals surface area contributed by atoms with Gasteiger partial charge in [0.25, 0.3) is 0 Å². The number of hydrogen-bond acceptors (Lipinski definition) is 4. The maximum Gasteiger partial charge on any atom is 0.330 e. The molecule has 0 fully saturated rings. The van der Waals surface area contributed by atoms with Crippen LogP contribution in [0.15, 0.2) is 36.5 Å². The minimum Gasteiger partial charge on any atom is -0.463 e. The molecule has 0 unspecified atom stereocenters. The summed E-state index contributed by atoms with van der Waals surface area (Å²) in [5, 5.41) is 5.28. The van der Waals surface area contributed by atoms with Gasteiger partial charge >= 0.3 is 5.97 Å². The number of aromatic nitrogens is 3. The van der Waals surface area contributed by atoms with Gasteiger partial charge in [0.15, 0.2) is 0 Å². The minimum absolute atomic E-state index is 0.289. The van der Waals surface area contributed by atoms with Crippen LogP contribution in [0.4, 0.5) is 4.39 Å². The number of halogens is 1. The van der Waals surface area contributed by atoms with Gasteiger partial charge in [0.1, 0.15) is 11.6 Å². The van der Waals surface area contributed by atoms with E-state index in [0.29, 0.717) is 18.9 Å². The lowest BCUT2D eigenvalue weighted by atomic mass is 10.2. The van der Waals surface area contributed by atoms with Gasteiger partial charge in [-0.1, -0.05) is 0 Å². The number of benzene rings is 1. The SMILES string of the molecule is CCOC(=O)/C=C/c1c(COC)nn(C)c1-n1ccc2cc(F)ccc21. The van der Waals surface area contributed by atoms with Crippen LogP contribution in [-0.2, 0) is 27.9 Å². The van der Waals surface area contributed by atoms with E-state index in [1.54, 1.807) is 30.9 Å². The molecule has 2 aromatic heterocycles. The second kappa shape index (κ2) is 7.53. The van der Waals surface area contributed by atoms with Gasteiger partial charge in [0.05, 0.1) is 24.4 Å². The molecule has 136 valence electrons. The van der Waals surface area contributed by atoms with Crippen molar-refractivity contribution in [3.05, 3.63) is 53.6 Å². The number of ether oxygens (including phenoxy) is 2. The number of aryl methyl sites for hydroxylation is 1. The van der Waals surface area contributed by atoms with Crippen LogP contribution in [0.2, 0.25) is 0 Å². The van der Waals surface area contributed by atoms with E-state index in [1.807, 2.05) is 23.9 Å². The summed E-state index contributed by atoms with van der Waals surface area (Å²) in [6, 6.07) is 6.44. The minimum atomic E-state index is -0.426. The third-order valence-corrected chi connectivity index (χ3v) is 3.96. The van der Waals surface area contributed by atoms with Crippen LogP contribution < -0.4 is 0 Å². The Labute approximate surface area is 150 Å². The van der Waals surface area contributed by atoms with Gasteiger partial charge in [-0.2, -0.15) is 5.10 Å². The molecular formula is C19H20FN3O3. The summed E-state index contributed by atoms with van der Waals surface area (Å²) in [6.07, 6.45) is 4.89. The molecule has 0 spiro atoms. The summed E-state index contributed by atoms with van der Waals surface area (Å²) in [5.74, 6) is 0.0343. The Morgan fingerprint density at radius 2 is 2.15 bits per heavy atom. The van der Waals surface area contributed by atoms with Crippen LogP contribution >= 0.6 is 0 Å². The van der Waals surface area contributed by atoms with Crippen molar-refractivity contribution in [3.8, 4) is 5.82 Å². The largest absolute Gasteiger partial charge is 0.463 e. The highest BCUT2D eigenvalue weighted by Crippen LogP contribution is 2.26. The van der Waals surface area contributed by atoms with Gasteiger partial charge < -0.3 is 14.0 Å². The van der Waals surface area contributed by atoms with Crippen molar-refractivity contribution in [3.63, 3.8) is 0 Å². The molecule has 3 rings (SSSR count). The van der Waals surface area contributed by atoms with Gasteiger partial charge in [-0.05, 0) is 37.3 Å². The average Bonchev–Trinajstić information content (AvgIpc) is 3.13. The second-order valence-corrected chi connectivity index (χ2v) is 5.71. The Balaban J connectivity index is 2.14. The number of esters is 1. The number of methoxy groups -OCH3 is 1. The quantitative estimate of drug-likeness (QED) is 0.502. The zero-order valence-electron chi connectivity index (χ0n) is 14.9. The molecule has 1 aromatic carbocycles. The third kappa shape index (κ3) is 3.39. The lowest BCUT2D eigenvalue weighted by molar-refractivity contribution is -0.137. The molecule has 0 amide bonds. The fourth-order valence-corrected chi connectivity index (χ4v) is 2.93. The van der Waals surface area contributed by atoms with Crippen molar-refractivity contribution < 1.29 is 18.7 Å². The number of nitrogens with zero attached hydrogens (tertiary/aromatic N) is 3. The standard InChI is InChI=1S/C19H20FN3O3/c1-4-26-18(24)8-6-15-16(12-25-3)21-22(2)19(15)23-10-9-13-11-14(20)5-7-17(13)23/h5-11H,4,12H2,1-3H3/b8-6+. The van der Waals surface area contributed by atoms with Gasteiger partial charge in [-0.3, -0.25) is 4.68 Å². The molecular weight excluding hydrogens is 337 g/mol. The summed E-state index contributed by atoms with van der Waals surface area (Å²) in [7, 11) is 3.40. The first kappa shape index (κ1) is 17.9. The number of hydrogen-bond donors (Lipinski definition) is 0. The number of rotatable bonds is 6. The van der Waals surface area contributed by atoms with Crippen molar-refractivity contribution in [2.75, 3.05) is 13.7 Å². The van der Waals surface area contributed by atoms with Crippen molar-refractivity contribution in [2.45, 2.75) is 13.5 Å². The first-order valence-electron chi connectivity index (χ1n) is 8.21. The smallest absolute Gasteiger partial charge is 0.330 e. The van der Waals surface area contributed by atoms with Crippen molar-refractivity contribution in [1.29, 1.82) is 0 Å². The molecule has 0 aliphatic heterocycles. The maximum atomic E-state index is 13.5. The van der Waals surface area contributed by atoms with E-state index < -0.39 is 5.97 Å². The first-order valence-corrected chi connectivity index (χ1v) is 8.21. The van der Waals surface area contributed by atoms with Gasteiger partial charge in [0.2, 0.25) is 0 Å². The van der Waals surface area contributed by atoms with E-state index in [4.69, 9.17) is 9.47 Å².